The van der Waals surface area contributed by atoms with Gasteiger partial charge in [-0.05, 0) is 91.9 Å². The first-order chi connectivity index (χ1) is 16.3. The summed E-state index contributed by atoms with van der Waals surface area (Å²) in [6, 6.07) is 17.0. The average Bonchev–Trinajstić information content (AvgIpc) is 3.44. The van der Waals surface area contributed by atoms with Gasteiger partial charge in [0.25, 0.3) is 0 Å². The summed E-state index contributed by atoms with van der Waals surface area (Å²) < 4.78 is 41.1. The van der Waals surface area contributed by atoms with E-state index >= 15 is 0 Å². The molecule has 4 unspecified atom stereocenters. The Morgan fingerprint density at radius 2 is 1.66 bits per heavy atom. The van der Waals surface area contributed by atoms with Gasteiger partial charge in [0.2, 0.25) is 10.0 Å². The third kappa shape index (κ3) is 7.41. The van der Waals surface area contributed by atoms with Gasteiger partial charge in [0, 0.05) is 13.4 Å². The van der Waals surface area contributed by atoms with Crippen LogP contribution >= 0.6 is 7.37 Å². The third-order valence-electron chi connectivity index (χ3n) is 7.58. The predicted molar refractivity (Wildman–Crippen MR) is 136 cm³/mol. The van der Waals surface area contributed by atoms with Crippen molar-refractivity contribution >= 4 is 17.4 Å². The van der Waals surface area contributed by atoms with Crippen LogP contribution in [-0.2, 0) is 14.6 Å². The van der Waals surface area contributed by atoms with Gasteiger partial charge in [0.1, 0.15) is 0 Å². The summed E-state index contributed by atoms with van der Waals surface area (Å²) in [7, 11) is -6.79. The van der Waals surface area contributed by atoms with E-state index in [-0.39, 0.29) is 47.9 Å². The molecular formula is C27H35NNaO4PS. The summed E-state index contributed by atoms with van der Waals surface area (Å²) in [5.74, 6) is 1.26. The van der Waals surface area contributed by atoms with Crippen LogP contribution in [0.1, 0.15) is 45.4 Å². The van der Waals surface area contributed by atoms with Crippen LogP contribution in [0, 0.1) is 17.8 Å². The van der Waals surface area contributed by atoms with Crippen molar-refractivity contribution in [2.75, 3.05) is 12.3 Å². The van der Waals surface area contributed by atoms with E-state index < -0.39 is 17.4 Å². The van der Waals surface area contributed by atoms with Crippen molar-refractivity contribution < 1.29 is 47.4 Å². The Hall–Kier alpha value is -0.720. The molecule has 2 aliphatic carbocycles. The van der Waals surface area contributed by atoms with E-state index in [1.807, 2.05) is 42.5 Å². The molecule has 1 N–H and O–H groups in total. The van der Waals surface area contributed by atoms with E-state index in [9.17, 15) is 17.9 Å². The molecule has 2 aliphatic rings. The Morgan fingerprint density at radius 1 is 1.00 bits per heavy atom. The molecule has 0 spiro atoms. The van der Waals surface area contributed by atoms with E-state index in [4.69, 9.17) is 0 Å². The fraction of sp³-hybridized carbons (Fsp3) is 0.481. The molecule has 5 nitrogen and oxygen atoms in total. The number of hydrogen-bond donors (Lipinski definition) is 1. The van der Waals surface area contributed by atoms with Crippen LogP contribution in [0.4, 0.5) is 0 Å². The predicted octanol–water partition coefficient (Wildman–Crippen LogP) is 2.44. The van der Waals surface area contributed by atoms with Gasteiger partial charge in [0.15, 0.2) is 0 Å². The Kier molecular flexibility index (Phi) is 10.5. The van der Waals surface area contributed by atoms with Crippen molar-refractivity contribution in [2.45, 2.75) is 56.4 Å². The number of fused-ring (bicyclic) bond motifs is 2. The number of nitrogens with one attached hydrogen (secondary N) is 1. The first-order valence-electron chi connectivity index (χ1n) is 12.4. The fourth-order valence-corrected chi connectivity index (χ4v) is 7.95. The van der Waals surface area contributed by atoms with Crippen molar-refractivity contribution in [3.63, 3.8) is 0 Å². The van der Waals surface area contributed by atoms with Crippen LogP contribution in [0.3, 0.4) is 0 Å². The molecule has 184 valence electrons. The van der Waals surface area contributed by atoms with Crippen molar-refractivity contribution in [3.8, 4) is 11.1 Å². The second-order valence-electron chi connectivity index (χ2n) is 9.74. The molecule has 2 saturated carbocycles. The maximum atomic E-state index is 13.2. The monoisotopic (exact) mass is 523 g/mol. The summed E-state index contributed by atoms with van der Waals surface area (Å²) in [5.41, 5.74) is 2.06. The molecule has 0 radical (unpaired) electrons. The van der Waals surface area contributed by atoms with Crippen molar-refractivity contribution in [2.24, 2.45) is 17.8 Å². The van der Waals surface area contributed by atoms with E-state index in [1.54, 1.807) is 19.1 Å². The summed E-state index contributed by atoms with van der Waals surface area (Å²) in [5, 5.41) is 0. The van der Waals surface area contributed by atoms with Gasteiger partial charge < -0.3 is 9.46 Å². The SMILES string of the molecule is CCP(=O)([O-])CCC/C=C\CC1C(NS(=O)(=O)c2ccc(-c3ccccc3)cc2)C2CC[C@H]1C2.[Na+]. The van der Waals surface area contributed by atoms with E-state index in [0.29, 0.717) is 29.1 Å². The number of sulfonamides is 1. The second kappa shape index (κ2) is 12.7. The molecule has 8 heteroatoms. The first kappa shape index (κ1) is 28.8. The van der Waals surface area contributed by atoms with Gasteiger partial charge >= 0.3 is 29.6 Å². The van der Waals surface area contributed by atoms with Gasteiger partial charge in [-0.3, -0.25) is 0 Å². The minimum Gasteiger partial charge on any atom is -0.799 e. The van der Waals surface area contributed by atoms with E-state index in [2.05, 4.69) is 16.9 Å². The Balaban J connectivity index is 0.00000342. The first-order valence-corrected chi connectivity index (χ1v) is 15.9. The van der Waals surface area contributed by atoms with Crippen molar-refractivity contribution in [1.29, 1.82) is 0 Å². The second-order valence-corrected chi connectivity index (χ2v) is 14.2. The summed E-state index contributed by atoms with van der Waals surface area (Å²) in [6.45, 7) is 1.69. The molecule has 0 saturated heterocycles. The van der Waals surface area contributed by atoms with Crippen LogP contribution in [0.25, 0.3) is 11.1 Å². The zero-order valence-corrected chi connectivity index (χ0v) is 24.5. The van der Waals surface area contributed by atoms with Gasteiger partial charge in [-0.25, -0.2) is 13.1 Å². The maximum Gasteiger partial charge on any atom is 1.00 e. The van der Waals surface area contributed by atoms with Gasteiger partial charge in [-0.2, -0.15) is 0 Å². The Bertz CT molecular complexity index is 1140. The molecule has 4 rings (SSSR count). The van der Waals surface area contributed by atoms with Crippen LogP contribution in [0.2, 0.25) is 0 Å². The molecule has 0 aliphatic heterocycles. The molecule has 2 aromatic carbocycles. The average molecular weight is 524 g/mol. The number of unbranched alkanes of at least 4 members (excludes halogenated alkanes) is 1. The van der Waals surface area contributed by atoms with Crippen molar-refractivity contribution in [1.82, 2.24) is 4.72 Å². The normalized spacial score (nSPS) is 25.4. The standard InChI is InChI=1S/C27H36NO4PS.Na/c1-2-33(29,30)19-9-4-3-8-12-26-23-13-14-24(20-23)27(26)28-34(31,32)25-17-15-22(16-18-25)21-10-6-5-7-11-21;/h3,5-8,10-11,15-18,23-24,26-28H,2,4,9,12-14,19-20H2,1H3,(H,29,30);/q;+1/p-1/b8-3-;/t23-,24?,26?,27?;/m0./s1. The fourth-order valence-electron chi connectivity index (χ4n) is 5.62. The number of hydrogen-bond acceptors (Lipinski definition) is 4. The van der Waals surface area contributed by atoms with E-state index in [1.165, 1.54) is 6.42 Å². The Labute approximate surface area is 232 Å². The number of benzene rings is 2. The van der Waals surface area contributed by atoms with Crippen LogP contribution < -0.4 is 39.2 Å². The zero-order valence-electron chi connectivity index (χ0n) is 20.8. The number of rotatable bonds is 11. The summed E-state index contributed by atoms with van der Waals surface area (Å²) in [4.78, 5) is 12.0. The van der Waals surface area contributed by atoms with Gasteiger partial charge in [-0.15, -0.1) is 0 Å². The number of allylic oxidation sites excluding steroid dienone is 2. The van der Waals surface area contributed by atoms with Crippen LogP contribution in [0.5, 0.6) is 0 Å². The maximum absolute atomic E-state index is 13.2. The minimum absolute atomic E-state index is 0. The molecule has 2 bridgehead atoms. The van der Waals surface area contributed by atoms with Crippen molar-refractivity contribution in [3.05, 3.63) is 66.7 Å². The van der Waals surface area contributed by atoms with Gasteiger partial charge in [0.05, 0.1) is 4.90 Å². The van der Waals surface area contributed by atoms with Gasteiger partial charge in [-0.1, -0.05) is 61.5 Å². The third-order valence-corrected chi connectivity index (χ3v) is 11.0. The Morgan fingerprint density at radius 3 is 2.34 bits per heavy atom. The van der Waals surface area contributed by atoms with Crippen LogP contribution in [0.15, 0.2) is 71.6 Å². The minimum atomic E-state index is -3.60. The summed E-state index contributed by atoms with van der Waals surface area (Å²) >= 11 is 0. The zero-order chi connectivity index (χ0) is 24.2. The smallest absolute Gasteiger partial charge is 0.799 e. The topological polar surface area (TPSA) is 86.3 Å². The largest absolute Gasteiger partial charge is 1.00 e. The summed E-state index contributed by atoms with van der Waals surface area (Å²) in [6.07, 6.45) is 10.3. The van der Waals surface area contributed by atoms with E-state index in [0.717, 1.165) is 36.8 Å². The molecule has 2 fully saturated rings. The molecule has 0 amide bonds. The molecule has 35 heavy (non-hydrogen) atoms. The molecule has 0 heterocycles. The molecule has 0 aromatic heterocycles. The molecule has 2 aromatic rings. The molecular weight excluding hydrogens is 488 g/mol. The molecule has 5 atom stereocenters. The quantitative estimate of drug-likeness (QED) is 0.212. The van der Waals surface area contributed by atoms with Crippen LogP contribution in [-0.4, -0.2) is 26.8 Å².